The highest BCUT2D eigenvalue weighted by Gasteiger charge is 2.13. The lowest BCUT2D eigenvalue weighted by molar-refractivity contribution is 0.301. The molecule has 1 heterocycles. The van der Waals surface area contributed by atoms with Crippen molar-refractivity contribution in [3.63, 3.8) is 0 Å². The van der Waals surface area contributed by atoms with E-state index in [1.165, 1.54) is 0 Å². The maximum absolute atomic E-state index is 4.53. The first-order valence-electron chi connectivity index (χ1n) is 12.0. The van der Waals surface area contributed by atoms with Crippen molar-refractivity contribution < 1.29 is 0 Å². The zero-order valence-corrected chi connectivity index (χ0v) is 22.7. The van der Waals surface area contributed by atoms with Crippen LogP contribution in [0.15, 0.2) is 15.0 Å². The van der Waals surface area contributed by atoms with Crippen LogP contribution >= 0.6 is 0 Å². The predicted molar refractivity (Wildman–Crippen MR) is 141 cm³/mol. The van der Waals surface area contributed by atoms with Gasteiger partial charge in [-0.15, -0.1) is 0 Å². The number of nitrogens with zero attached hydrogens (tertiary/aromatic N) is 9. The largest absolute Gasteiger partial charge is 0.358 e. The number of rotatable bonds is 12. The fraction of sp³-hybridized carbons (Fsp3) is 0.750. The number of aromatic nitrogens is 3. The quantitative estimate of drug-likeness (QED) is 0.315. The van der Waals surface area contributed by atoms with Crippen molar-refractivity contribution in [2.24, 2.45) is 15.0 Å². The van der Waals surface area contributed by atoms with Crippen LogP contribution in [0.1, 0.15) is 83.1 Å². The molecule has 0 unspecified atom stereocenters. The molecule has 1 aromatic heterocycles. The summed E-state index contributed by atoms with van der Waals surface area (Å²) in [5, 5.41) is 0. The van der Waals surface area contributed by atoms with Crippen LogP contribution in [-0.2, 0) is 0 Å². The summed E-state index contributed by atoms with van der Waals surface area (Å²) in [6.07, 6.45) is 5.36. The van der Waals surface area contributed by atoms with Gasteiger partial charge in [0.25, 0.3) is 17.8 Å². The van der Waals surface area contributed by atoms with Gasteiger partial charge in [0.1, 0.15) is 0 Å². The second-order valence-electron chi connectivity index (χ2n) is 9.87. The maximum atomic E-state index is 4.53. The maximum Gasteiger partial charge on any atom is 0.257 e. The van der Waals surface area contributed by atoms with Crippen LogP contribution in [-0.4, -0.2) is 84.9 Å². The molecule has 0 aliphatic heterocycles. The van der Waals surface area contributed by atoms with Crippen molar-refractivity contribution in [3.05, 3.63) is 0 Å². The number of aliphatic imine (C=N–C) groups is 3. The SMILES string of the molecule is CC(C)N(C=Nc1nc(N=CN(C(C)C)C(C)C)nc(N=CN(C(C)C)C(C)C)n1)C(C)C. The monoisotopic (exact) mass is 459 g/mol. The molecule has 0 saturated heterocycles. The molecule has 186 valence electrons. The summed E-state index contributed by atoms with van der Waals surface area (Å²) in [5.74, 6) is 0.866. The lowest BCUT2D eigenvalue weighted by atomic mass is 10.2. The Labute approximate surface area is 201 Å². The fourth-order valence-electron chi connectivity index (χ4n) is 3.46. The Kier molecular flexibility index (Phi) is 11.4. The van der Waals surface area contributed by atoms with E-state index in [1.807, 2.05) is 0 Å². The van der Waals surface area contributed by atoms with Crippen molar-refractivity contribution in [1.29, 1.82) is 0 Å². The molecular formula is C24H45N9. The van der Waals surface area contributed by atoms with E-state index in [-0.39, 0.29) is 17.8 Å². The van der Waals surface area contributed by atoms with Crippen LogP contribution in [0.5, 0.6) is 0 Å². The summed E-state index contributed by atoms with van der Waals surface area (Å²) in [6, 6.07) is 1.84. The first kappa shape index (κ1) is 28.5. The van der Waals surface area contributed by atoms with Gasteiger partial charge in [-0.1, -0.05) is 0 Å². The molecule has 0 N–H and O–H groups in total. The van der Waals surface area contributed by atoms with Gasteiger partial charge in [-0.3, -0.25) is 0 Å². The molecule has 0 spiro atoms. The van der Waals surface area contributed by atoms with E-state index in [4.69, 9.17) is 0 Å². The normalized spacial score (nSPS) is 12.9. The summed E-state index contributed by atoms with van der Waals surface area (Å²) >= 11 is 0. The number of hydrogen-bond donors (Lipinski definition) is 0. The third-order valence-corrected chi connectivity index (χ3v) is 5.10. The Morgan fingerprint density at radius 2 is 0.606 bits per heavy atom. The van der Waals surface area contributed by atoms with Gasteiger partial charge in [0.15, 0.2) is 0 Å². The Bertz CT molecular complexity index is 654. The minimum absolute atomic E-state index is 0.289. The Balaban J connectivity index is 3.41. The average Bonchev–Trinajstić information content (AvgIpc) is 2.66. The standard InChI is InChI=1S/C24H45N9/c1-16(2)31(17(3)4)13-25-22-28-23(26-14-32(18(5)6)19(7)8)30-24(29-22)27-15-33(20(9)10)21(11)12/h13-21H,1-12H3. The molecular weight excluding hydrogens is 414 g/mol. The van der Waals surface area contributed by atoms with Crippen LogP contribution in [0.4, 0.5) is 17.8 Å². The van der Waals surface area contributed by atoms with E-state index in [2.05, 4.69) is 128 Å². The molecule has 0 bridgehead atoms. The van der Waals surface area contributed by atoms with Crippen LogP contribution in [0.2, 0.25) is 0 Å². The van der Waals surface area contributed by atoms with Crippen molar-refractivity contribution in [3.8, 4) is 0 Å². The molecule has 0 atom stereocenters. The summed E-state index contributed by atoms with van der Waals surface area (Å²) in [4.78, 5) is 33.4. The van der Waals surface area contributed by atoms with E-state index in [1.54, 1.807) is 19.0 Å². The van der Waals surface area contributed by atoms with Crippen LogP contribution in [0.25, 0.3) is 0 Å². The highest BCUT2D eigenvalue weighted by atomic mass is 15.3. The van der Waals surface area contributed by atoms with Crippen LogP contribution < -0.4 is 0 Å². The van der Waals surface area contributed by atoms with Crippen LogP contribution in [0, 0.1) is 0 Å². The average molecular weight is 460 g/mol. The zero-order valence-electron chi connectivity index (χ0n) is 22.7. The molecule has 0 saturated carbocycles. The van der Waals surface area contributed by atoms with E-state index < -0.39 is 0 Å². The molecule has 0 radical (unpaired) electrons. The summed E-state index contributed by atoms with van der Waals surface area (Å²) < 4.78 is 0. The predicted octanol–water partition coefficient (Wildman–Crippen LogP) is 5.21. The van der Waals surface area contributed by atoms with Crippen LogP contribution in [0.3, 0.4) is 0 Å². The Hall–Kier alpha value is -2.58. The molecule has 9 heteroatoms. The molecule has 0 aliphatic rings. The fourth-order valence-corrected chi connectivity index (χ4v) is 3.46. The minimum atomic E-state index is 0.289. The minimum Gasteiger partial charge on any atom is -0.358 e. The molecule has 0 fully saturated rings. The second kappa shape index (κ2) is 13.2. The van der Waals surface area contributed by atoms with Gasteiger partial charge >= 0.3 is 0 Å². The van der Waals surface area contributed by atoms with Gasteiger partial charge in [-0.05, 0) is 83.1 Å². The van der Waals surface area contributed by atoms with Crippen molar-refractivity contribution >= 4 is 36.9 Å². The topological polar surface area (TPSA) is 85.5 Å². The third-order valence-electron chi connectivity index (χ3n) is 5.10. The Morgan fingerprint density at radius 3 is 0.758 bits per heavy atom. The highest BCUT2D eigenvalue weighted by Crippen LogP contribution is 2.17. The van der Waals surface area contributed by atoms with Gasteiger partial charge in [0.05, 0.1) is 19.0 Å². The summed E-state index contributed by atoms with van der Waals surface area (Å²) in [6.45, 7) is 25.5. The molecule has 9 nitrogen and oxygen atoms in total. The van der Waals surface area contributed by atoms with Gasteiger partial charge in [-0.2, -0.15) is 15.0 Å². The second-order valence-corrected chi connectivity index (χ2v) is 9.87. The first-order valence-corrected chi connectivity index (χ1v) is 12.0. The summed E-state index contributed by atoms with van der Waals surface area (Å²) in [7, 11) is 0. The van der Waals surface area contributed by atoms with E-state index in [0.29, 0.717) is 36.3 Å². The summed E-state index contributed by atoms with van der Waals surface area (Å²) in [5.41, 5.74) is 0. The molecule has 0 aromatic carbocycles. The van der Waals surface area contributed by atoms with E-state index >= 15 is 0 Å². The first-order chi connectivity index (χ1) is 15.3. The third kappa shape index (κ3) is 9.43. The highest BCUT2D eigenvalue weighted by molar-refractivity contribution is 5.63. The van der Waals surface area contributed by atoms with Gasteiger partial charge in [0.2, 0.25) is 0 Å². The number of hydrogen-bond acceptors (Lipinski definition) is 6. The smallest absolute Gasteiger partial charge is 0.257 e. The van der Waals surface area contributed by atoms with E-state index in [0.717, 1.165) is 0 Å². The zero-order chi connectivity index (χ0) is 25.3. The molecule has 1 aromatic rings. The van der Waals surface area contributed by atoms with Crippen molar-refractivity contribution in [1.82, 2.24) is 29.7 Å². The van der Waals surface area contributed by atoms with Crippen molar-refractivity contribution in [2.75, 3.05) is 0 Å². The molecule has 33 heavy (non-hydrogen) atoms. The molecule has 0 aliphatic carbocycles. The van der Waals surface area contributed by atoms with Gasteiger partial charge in [-0.25, -0.2) is 15.0 Å². The molecule has 0 amide bonds. The van der Waals surface area contributed by atoms with Crippen molar-refractivity contribution in [2.45, 2.75) is 119 Å². The van der Waals surface area contributed by atoms with E-state index in [9.17, 15) is 0 Å². The van der Waals surface area contributed by atoms with Gasteiger partial charge in [0, 0.05) is 36.3 Å². The Morgan fingerprint density at radius 1 is 0.424 bits per heavy atom. The van der Waals surface area contributed by atoms with Gasteiger partial charge < -0.3 is 14.7 Å². The lowest BCUT2D eigenvalue weighted by Crippen LogP contribution is -2.35. The lowest BCUT2D eigenvalue weighted by Gasteiger charge is -2.28. The molecule has 1 rings (SSSR count).